The number of aromatic nitrogens is 2. The number of piperidine rings is 1. The highest BCUT2D eigenvalue weighted by molar-refractivity contribution is 6.29. The Morgan fingerprint density at radius 3 is 2.86 bits per heavy atom. The van der Waals surface area contributed by atoms with Crippen LogP contribution in [0.3, 0.4) is 0 Å². The van der Waals surface area contributed by atoms with E-state index in [4.69, 9.17) is 16.3 Å². The van der Waals surface area contributed by atoms with Gasteiger partial charge in [0.2, 0.25) is 0 Å². The molecule has 2 heterocycles. The van der Waals surface area contributed by atoms with E-state index in [9.17, 15) is 4.79 Å². The molecule has 0 aliphatic carbocycles. The van der Waals surface area contributed by atoms with E-state index in [1.165, 1.54) is 0 Å². The fourth-order valence-electron chi connectivity index (χ4n) is 2.46. The number of carbonyl (C=O) groups excluding carboxylic acids is 1. The molecule has 22 heavy (non-hydrogen) atoms. The summed E-state index contributed by atoms with van der Waals surface area (Å²) in [4.78, 5) is 22.4. The van der Waals surface area contributed by atoms with E-state index in [-0.39, 0.29) is 12.1 Å². The van der Waals surface area contributed by atoms with Gasteiger partial charge >= 0.3 is 6.09 Å². The number of nitrogens with one attached hydrogen (secondary N) is 1. The normalized spacial score (nSPS) is 19.7. The Morgan fingerprint density at radius 1 is 1.45 bits per heavy atom. The molecule has 7 heteroatoms. The maximum Gasteiger partial charge on any atom is 0.407 e. The number of nitrogens with zero attached hydrogens (tertiary/aromatic N) is 3. The third-order valence-corrected chi connectivity index (χ3v) is 3.64. The van der Waals surface area contributed by atoms with Crippen LogP contribution in [0, 0.1) is 0 Å². The fourth-order valence-corrected chi connectivity index (χ4v) is 2.62. The standard InChI is InChI=1S/C15H23ClN4O2/c1-15(2,3)22-14(21)19-11-5-4-8-20(9-11)10-12-13(16)18-7-6-17-12/h6-7,11H,4-5,8-10H2,1-3H3,(H,19,21)/t11-/m1/s1. The molecule has 1 aliphatic heterocycles. The predicted octanol–water partition coefficient (Wildman–Crippen LogP) is 2.62. The van der Waals surface area contributed by atoms with Crippen LogP contribution in [0.25, 0.3) is 0 Å². The monoisotopic (exact) mass is 326 g/mol. The lowest BCUT2D eigenvalue weighted by molar-refractivity contribution is 0.0470. The summed E-state index contributed by atoms with van der Waals surface area (Å²) in [6.45, 7) is 7.92. The van der Waals surface area contributed by atoms with E-state index in [0.29, 0.717) is 11.7 Å². The summed E-state index contributed by atoms with van der Waals surface area (Å²) < 4.78 is 5.30. The molecule has 122 valence electrons. The average Bonchev–Trinajstić information content (AvgIpc) is 2.39. The molecule has 1 N–H and O–H groups in total. The Kier molecular flexibility index (Phi) is 5.58. The van der Waals surface area contributed by atoms with Gasteiger partial charge in [-0.2, -0.15) is 0 Å². The highest BCUT2D eigenvalue weighted by atomic mass is 35.5. The van der Waals surface area contributed by atoms with Gasteiger partial charge in [-0.25, -0.2) is 9.78 Å². The van der Waals surface area contributed by atoms with Crippen LogP contribution < -0.4 is 5.32 Å². The lowest BCUT2D eigenvalue weighted by Crippen LogP contribution is -2.48. The van der Waals surface area contributed by atoms with E-state index >= 15 is 0 Å². The van der Waals surface area contributed by atoms with Gasteiger partial charge in [0, 0.05) is 31.5 Å². The highest BCUT2D eigenvalue weighted by Crippen LogP contribution is 2.17. The lowest BCUT2D eigenvalue weighted by Gasteiger charge is -2.33. The number of alkyl carbamates (subject to hydrolysis) is 1. The molecule has 1 aromatic rings. The zero-order valence-electron chi connectivity index (χ0n) is 13.3. The zero-order chi connectivity index (χ0) is 16.2. The summed E-state index contributed by atoms with van der Waals surface area (Å²) in [5.41, 5.74) is 0.285. The van der Waals surface area contributed by atoms with Crippen molar-refractivity contribution in [2.75, 3.05) is 13.1 Å². The van der Waals surface area contributed by atoms with Gasteiger partial charge in [-0.3, -0.25) is 9.88 Å². The molecule has 1 aliphatic rings. The second kappa shape index (κ2) is 7.24. The van der Waals surface area contributed by atoms with Gasteiger partial charge in [0.1, 0.15) is 5.60 Å². The first-order chi connectivity index (χ1) is 10.3. The Balaban J connectivity index is 1.87. The summed E-state index contributed by atoms with van der Waals surface area (Å²) in [6.07, 6.45) is 4.82. The van der Waals surface area contributed by atoms with Gasteiger partial charge in [0.15, 0.2) is 5.15 Å². The van der Waals surface area contributed by atoms with Crippen molar-refractivity contribution in [1.82, 2.24) is 20.2 Å². The maximum absolute atomic E-state index is 11.9. The summed E-state index contributed by atoms with van der Waals surface area (Å²) >= 11 is 6.05. The van der Waals surface area contributed by atoms with Gasteiger partial charge in [-0.1, -0.05) is 11.6 Å². The smallest absolute Gasteiger partial charge is 0.407 e. The van der Waals surface area contributed by atoms with E-state index in [1.54, 1.807) is 12.4 Å². The highest BCUT2D eigenvalue weighted by Gasteiger charge is 2.24. The van der Waals surface area contributed by atoms with Crippen LogP contribution in [0.2, 0.25) is 5.15 Å². The first kappa shape index (κ1) is 17.0. The van der Waals surface area contributed by atoms with Crippen LogP contribution >= 0.6 is 11.6 Å². The number of amides is 1. The van der Waals surface area contributed by atoms with Crippen molar-refractivity contribution >= 4 is 17.7 Å². The molecule has 1 amide bonds. The molecule has 0 saturated carbocycles. The molecule has 0 spiro atoms. The maximum atomic E-state index is 11.9. The third-order valence-electron chi connectivity index (χ3n) is 3.32. The van der Waals surface area contributed by atoms with Crippen LogP contribution in [0.4, 0.5) is 4.79 Å². The first-order valence-electron chi connectivity index (χ1n) is 7.51. The minimum Gasteiger partial charge on any atom is -0.444 e. The molecule has 6 nitrogen and oxygen atoms in total. The minimum absolute atomic E-state index is 0.0825. The zero-order valence-corrected chi connectivity index (χ0v) is 14.1. The molecule has 0 unspecified atom stereocenters. The number of halogens is 1. The number of likely N-dealkylation sites (tertiary alicyclic amines) is 1. The molecule has 0 bridgehead atoms. The van der Waals surface area contributed by atoms with Crippen molar-refractivity contribution in [2.24, 2.45) is 0 Å². The van der Waals surface area contributed by atoms with Crippen molar-refractivity contribution in [2.45, 2.75) is 51.8 Å². The number of hydrogen-bond donors (Lipinski definition) is 1. The van der Waals surface area contributed by atoms with Gasteiger partial charge in [-0.05, 0) is 40.2 Å². The third kappa shape index (κ3) is 5.42. The van der Waals surface area contributed by atoms with E-state index in [0.717, 1.165) is 31.6 Å². The Bertz CT molecular complexity index is 519. The Morgan fingerprint density at radius 2 is 2.18 bits per heavy atom. The minimum atomic E-state index is -0.481. The number of rotatable bonds is 3. The van der Waals surface area contributed by atoms with Gasteiger partial charge in [-0.15, -0.1) is 0 Å². The first-order valence-corrected chi connectivity index (χ1v) is 7.88. The topological polar surface area (TPSA) is 67.3 Å². The van der Waals surface area contributed by atoms with Gasteiger partial charge < -0.3 is 10.1 Å². The van der Waals surface area contributed by atoms with Crippen molar-refractivity contribution in [3.63, 3.8) is 0 Å². The van der Waals surface area contributed by atoms with Crippen molar-refractivity contribution in [3.05, 3.63) is 23.2 Å². The number of hydrogen-bond acceptors (Lipinski definition) is 5. The summed E-state index contributed by atoms with van der Waals surface area (Å²) in [5, 5.41) is 3.37. The summed E-state index contributed by atoms with van der Waals surface area (Å²) in [6, 6.07) is 0.0825. The average molecular weight is 327 g/mol. The molecule has 1 aromatic heterocycles. The van der Waals surface area contributed by atoms with Crippen molar-refractivity contribution in [3.8, 4) is 0 Å². The van der Waals surface area contributed by atoms with Gasteiger partial charge in [0.05, 0.1) is 5.69 Å². The molecule has 0 radical (unpaired) electrons. The van der Waals surface area contributed by atoms with Crippen molar-refractivity contribution in [1.29, 1.82) is 0 Å². The molecule has 1 saturated heterocycles. The Labute approximate surface area is 136 Å². The largest absolute Gasteiger partial charge is 0.444 e. The summed E-state index contributed by atoms with van der Waals surface area (Å²) in [5.74, 6) is 0. The van der Waals surface area contributed by atoms with Crippen LogP contribution in [0.1, 0.15) is 39.3 Å². The van der Waals surface area contributed by atoms with Crippen LogP contribution in [-0.4, -0.2) is 45.7 Å². The second-order valence-corrected chi connectivity index (χ2v) is 6.87. The SMILES string of the molecule is CC(C)(C)OC(=O)N[C@@H]1CCCN(Cc2nccnc2Cl)C1. The second-order valence-electron chi connectivity index (χ2n) is 6.51. The summed E-state index contributed by atoms with van der Waals surface area (Å²) in [7, 11) is 0. The predicted molar refractivity (Wildman–Crippen MR) is 84.7 cm³/mol. The molecular formula is C15H23ClN4O2. The molecule has 1 atom stereocenters. The van der Waals surface area contributed by atoms with Crippen LogP contribution in [0.5, 0.6) is 0 Å². The Hall–Kier alpha value is -1.40. The fraction of sp³-hybridized carbons (Fsp3) is 0.667. The quantitative estimate of drug-likeness (QED) is 0.924. The number of carbonyl (C=O) groups is 1. The van der Waals surface area contributed by atoms with E-state index in [1.807, 2.05) is 20.8 Å². The number of ether oxygens (including phenoxy) is 1. The molecule has 0 aromatic carbocycles. The van der Waals surface area contributed by atoms with Crippen molar-refractivity contribution < 1.29 is 9.53 Å². The van der Waals surface area contributed by atoms with E-state index in [2.05, 4.69) is 20.2 Å². The van der Waals surface area contributed by atoms with Crippen LogP contribution in [-0.2, 0) is 11.3 Å². The molecule has 2 rings (SSSR count). The van der Waals surface area contributed by atoms with E-state index < -0.39 is 5.60 Å². The van der Waals surface area contributed by atoms with Crippen LogP contribution in [0.15, 0.2) is 12.4 Å². The molecule has 1 fully saturated rings. The lowest BCUT2D eigenvalue weighted by atomic mass is 10.1. The van der Waals surface area contributed by atoms with Gasteiger partial charge in [0.25, 0.3) is 0 Å². The molecular weight excluding hydrogens is 304 g/mol.